The number of benzene rings is 1. The maximum atomic E-state index is 13.5. The molecular formula is C17H22FN3O2S. The van der Waals surface area contributed by atoms with E-state index in [2.05, 4.69) is 4.98 Å². The molecule has 0 N–H and O–H groups in total. The Morgan fingerprint density at radius 1 is 1.38 bits per heavy atom. The Morgan fingerprint density at radius 2 is 2.17 bits per heavy atom. The van der Waals surface area contributed by atoms with Gasteiger partial charge in [0.15, 0.2) is 0 Å². The number of rotatable bonds is 4. The number of piperidine rings is 1. The zero-order valence-electron chi connectivity index (χ0n) is 13.9. The molecule has 24 heavy (non-hydrogen) atoms. The molecule has 2 aromatic rings. The first-order chi connectivity index (χ1) is 11.4. The van der Waals surface area contributed by atoms with E-state index in [1.54, 1.807) is 13.1 Å². The topological polar surface area (TPSA) is 55.2 Å². The summed E-state index contributed by atoms with van der Waals surface area (Å²) in [6, 6.07) is 3.90. The van der Waals surface area contributed by atoms with E-state index in [0.717, 1.165) is 31.3 Å². The van der Waals surface area contributed by atoms with E-state index in [0.29, 0.717) is 18.7 Å². The van der Waals surface area contributed by atoms with Crippen LogP contribution >= 0.6 is 0 Å². The molecule has 0 saturated carbocycles. The lowest BCUT2D eigenvalue weighted by molar-refractivity contribution is 0.305. The van der Waals surface area contributed by atoms with Crippen molar-refractivity contribution in [3.8, 4) is 0 Å². The van der Waals surface area contributed by atoms with Crippen molar-refractivity contribution in [2.24, 2.45) is 0 Å². The van der Waals surface area contributed by atoms with Crippen LogP contribution in [0.15, 0.2) is 35.5 Å². The van der Waals surface area contributed by atoms with Crippen molar-refractivity contribution >= 4 is 10.0 Å². The van der Waals surface area contributed by atoms with Gasteiger partial charge in [0.1, 0.15) is 11.6 Å². The highest BCUT2D eigenvalue weighted by molar-refractivity contribution is 7.89. The lowest BCUT2D eigenvalue weighted by Crippen LogP contribution is -2.40. The summed E-state index contributed by atoms with van der Waals surface area (Å²) in [4.78, 5) is 4.47. The minimum absolute atomic E-state index is 0.0574. The average Bonchev–Trinajstić information content (AvgIpc) is 3.06. The highest BCUT2D eigenvalue weighted by atomic mass is 32.2. The summed E-state index contributed by atoms with van der Waals surface area (Å²) in [5.41, 5.74) is 0.564. The fraction of sp³-hybridized carbons (Fsp3) is 0.471. The molecule has 5 nitrogen and oxygen atoms in total. The summed E-state index contributed by atoms with van der Waals surface area (Å²) in [5.74, 6) is 0.458. The van der Waals surface area contributed by atoms with E-state index in [4.69, 9.17) is 0 Å². The number of halogens is 1. The molecule has 0 spiro atoms. The van der Waals surface area contributed by atoms with Crippen LogP contribution < -0.4 is 0 Å². The highest BCUT2D eigenvalue weighted by Crippen LogP contribution is 2.30. The van der Waals surface area contributed by atoms with Gasteiger partial charge in [0.25, 0.3) is 0 Å². The molecule has 1 atom stereocenters. The monoisotopic (exact) mass is 351 g/mol. The summed E-state index contributed by atoms with van der Waals surface area (Å²) in [6.07, 6.45) is 5.35. The van der Waals surface area contributed by atoms with Crippen molar-refractivity contribution in [3.63, 3.8) is 0 Å². The molecule has 1 aliphatic heterocycles. The fourth-order valence-electron chi connectivity index (χ4n) is 3.31. The quantitative estimate of drug-likeness (QED) is 0.851. The van der Waals surface area contributed by atoms with Gasteiger partial charge < -0.3 is 4.57 Å². The largest absolute Gasteiger partial charge is 0.335 e. The van der Waals surface area contributed by atoms with Crippen LogP contribution in [-0.2, 0) is 16.6 Å². The molecule has 2 heterocycles. The smallest absolute Gasteiger partial charge is 0.243 e. The average molecular weight is 351 g/mol. The van der Waals surface area contributed by atoms with Gasteiger partial charge in [0.05, 0.1) is 4.90 Å². The maximum Gasteiger partial charge on any atom is 0.243 e. The van der Waals surface area contributed by atoms with E-state index >= 15 is 0 Å². The molecular weight excluding hydrogens is 329 g/mol. The van der Waals surface area contributed by atoms with Crippen molar-refractivity contribution in [1.82, 2.24) is 13.9 Å². The summed E-state index contributed by atoms with van der Waals surface area (Å²) in [7, 11) is -3.70. The molecule has 130 valence electrons. The molecule has 1 fully saturated rings. The first-order valence-corrected chi connectivity index (χ1v) is 9.65. The summed E-state index contributed by atoms with van der Waals surface area (Å²) >= 11 is 0. The Hall–Kier alpha value is -1.73. The van der Waals surface area contributed by atoms with E-state index < -0.39 is 15.8 Å². The van der Waals surface area contributed by atoms with Crippen molar-refractivity contribution in [2.75, 3.05) is 13.1 Å². The predicted molar refractivity (Wildman–Crippen MR) is 89.8 cm³/mol. The summed E-state index contributed by atoms with van der Waals surface area (Å²) < 4.78 is 43.0. The van der Waals surface area contributed by atoms with Crippen molar-refractivity contribution in [3.05, 3.63) is 47.8 Å². The molecule has 1 saturated heterocycles. The van der Waals surface area contributed by atoms with Gasteiger partial charge >= 0.3 is 0 Å². The van der Waals surface area contributed by atoms with Crippen LogP contribution in [0.25, 0.3) is 0 Å². The van der Waals surface area contributed by atoms with Gasteiger partial charge in [0.2, 0.25) is 10.0 Å². The van der Waals surface area contributed by atoms with Gasteiger partial charge in [-0.1, -0.05) is 6.07 Å². The molecule has 0 amide bonds. The number of sulfonamides is 1. The minimum Gasteiger partial charge on any atom is -0.335 e. The Bertz CT molecular complexity index is 832. The molecule has 1 aliphatic rings. The van der Waals surface area contributed by atoms with Crippen LogP contribution in [0.5, 0.6) is 0 Å². The number of aromatic nitrogens is 2. The molecule has 1 aromatic carbocycles. The lowest BCUT2D eigenvalue weighted by atomic mass is 9.99. The molecule has 0 radical (unpaired) electrons. The van der Waals surface area contributed by atoms with Gasteiger partial charge in [-0.15, -0.1) is 0 Å². The van der Waals surface area contributed by atoms with Crippen LogP contribution in [0.3, 0.4) is 0 Å². The van der Waals surface area contributed by atoms with Crippen LogP contribution in [0.2, 0.25) is 0 Å². The van der Waals surface area contributed by atoms with Crippen LogP contribution in [0, 0.1) is 12.7 Å². The second-order valence-corrected chi connectivity index (χ2v) is 8.09. The SMILES string of the molecule is CCn1ccnc1[C@H]1CCCN(S(=O)(=O)c2cc(F)ccc2C)C1. The number of hydrogen-bond donors (Lipinski definition) is 0. The van der Waals surface area contributed by atoms with Crippen molar-refractivity contribution in [2.45, 2.75) is 44.0 Å². The second kappa shape index (κ2) is 6.64. The van der Waals surface area contributed by atoms with Crippen molar-refractivity contribution in [1.29, 1.82) is 0 Å². The number of aryl methyl sites for hydroxylation is 2. The molecule has 0 aliphatic carbocycles. The maximum absolute atomic E-state index is 13.5. The normalized spacial score (nSPS) is 19.5. The molecule has 0 bridgehead atoms. The Labute approximate surface area is 142 Å². The van der Waals surface area contributed by atoms with E-state index in [-0.39, 0.29) is 10.8 Å². The first-order valence-electron chi connectivity index (χ1n) is 8.20. The molecule has 3 rings (SSSR count). The number of hydrogen-bond acceptors (Lipinski definition) is 3. The lowest BCUT2D eigenvalue weighted by Gasteiger charge is -2.32. The van der Waals surface area contributed by atoms with Gasteiger partial charge in [-0.2, -0.15) is 4.31 Å². The molecule has 1 aromatic heterocycles. The third-order valence-corrected chi connectivity index (χ3v) is 6.61. The van der Waals surface area contributed by atoms with Crippen molar-refractivity contribution < 1.29 is 12.8 Å². The Kier molecular flexibility index (Phi) is 4.73. The summed E-state index contributed by atoms with van der Waals surface area (Å²) in [6.45, 7) is 5.38. The Morgan fingerprint density at radius 3 is 2.92 bits per heavy atom. The molecule has 7 heteroatoms. The second-order valence-electron chi connectivity index (χ2n) is 6.18. The van der Waals surface area contributed by atoms with Crippen LogP contribution in [0.1, 0.15) is 37.1 Å². The van der Waals surface area contributed by atoms with Gasteiger partial charge in [-0.3, -0.25) is 0 Å². The fourth-order valence-corrected chi connectivity index (χ4v) is 5.07. The number of imidazole rings is 1. The van der Waals surface area contributed by atoms with Gasteiger partial charge in [-0.25, -0.2) is 17.8 Å². The van der Waals surface area contributed by atoms with E-state index in [1.807, 2.05) is 17.7 Å². The first kappa shape index (κ1) is 17.1. The Balaban J connectivity index is 1.90. The van der Waals surface area contributed by atoms with E-state index in [1.165, 1.54) is 16.4 Å². The standard InChI is InChI=1S/C17H22FN3O2S/c1-3-20-10-8-19-17(20)14-5-4-9-21(12-14)24(22,23)16-11-15(18)7-6-13(16)2/h6-8,10-11,14H,3-5,9,12H2,1-2H3/t14-/m0/s1. The van der Waals surface area contributed by atoms with Crippen LogP contribution in [0.4, 0.5) is 4.39 Å². The minimum atomic E-state index is -3.70. The third-order valence-electron chi connectivity index (χ3n) is 4.61. The highest BCUT2D eigenvalue weighted by Gasteiger charge is 2.33. The zero-order chi connectivity index (χ0) is 17.3. The molecule has 0 unspecified atom stereocenters. The van der Waals surface area contributed by atoms with E-state index in [9.17, 15) is 12.8 Å². The zero-order valence-corrected chi connectivity index (χ0v) is 14.8. The van der Waals surface area contributed by atoms with Crippen LogP contribution in [-0.4, -0.2) is 35.4 Å². The van der Waals surface area contributed by atoms with Gasteiger partial charge in [-0.05, 0) is 44.4 Å². The predicted octanol–water partition coefficient (Wildman–Crippen LogP) is 2.92. The third kappa shape index (κ3) is 3.10. The number of nitrogens with zero attached hydrogens (tertiary/aromatic N) is 3. The summed E-state index contributed by atoms with van der Waals surface area (Å²) in [5, 5.41) is 0. The van der Waals surface area contributed by atoms with Gasteiger partial charge in [0, 0.05) is 37.9 Å².